The smallest absolute Gasteiger partial charge is 0.240 e. The van der Waals surface area contributed by atoms with Crippen LogP contribution < -0.4 is 5.32 Å². The van der Waals surface area contributed by atoms with Crippen LogP contribution in [0.3, 0.4) is 0 Å². The number of hydrogen-bond acceptors (Lipinski definition) is 3. The third-order valence-electron chi connectivity index (χ3n) is 4.26. The van der Waals surface area contributed by atoms with E-state index < -0.39 is 6.04 Å². The van der Waals surface area contributed by atoms with Crippen molar-refractivity contribution in [3.63, 3.8) is 0 Å². The summed E-state index contributed by atoms with van der Waals surface area (Å²) < 4.78 is 0. The second kappa shape index (κ2) is 8.15. The number of ketones is 1. The second-order valence-electron chi connectivity index (χ2n) is 6.32. The maximum Gasteiger partial charge on any atom is 0.240 e. The molecule has 0 aromatic heterocycles. The van der Waals surface area contributed by atoms with Gasteiger partial charge in [-0.1, -0.05) is 27.2 Å². The van der Waals surface area contributed by atoms with Gasteiger partial charge in [0.2, 0.25) is 11.8 Å². The van der Waals surface area contributed by atoms with E-state index in [1.807, 2.05) is 13.8 Å². The molecule has 5 nitrogen and oxygen atoms in total. The highest BCUT2D eigenvalue weighted by molar-refractivity contribution is 5.90. The average Bonchev–Trinajstić information content (AvgIpc) is 2.58. The van der Waals surface area contributed by atoms with Crippen LogP contribution in [-0.4, -0.2) is 41.6 Å². The summed E-state index contributed by atoms with van der Waals surface area (Å²) in [5.74, 6) is 0.377. The zero-order chi connectivity index (χ0) is 16.0. The number of likely N-dealkylation sites (tertiary alicyclic amines) is 1. The minimum atomic E-state index is -0.469. The monoisotopic (exact) mass is 296 g/mol. The molecule has 1 N–H and O–H groups in total. The molecule has 0 aromatic rings. The first-order chi connectivity index (χ1) is 9.85. The number of nitrogens with one attached hydrogen (secondary N) is 1. The Morgan fingerprint density at radius 1 is 1.33 bits per heavy atom. The summed E-state index contributed by atoms with van der Waals surface area (Å²) >= 11 is 0. The Kier molecular flexibility index (Phi) is 6.85. The van der Waals surface area contributed by atoms with Crippen LogP contribution in [0.4, 0.5) is 0 Å². The lowest BCUT2D eigenvalue weighted by Crippen LogP contribution is -2.48. The minimum Gasteiger partial charge on any atom is -0.345 e. The minimum absolute atomic E-state index is 0.0463. The molecule has 1 aliphatic rings. The molecule has 1 fully saturated rings. The maximum atomic E-state index is 12.1. The van der Waals surface area contributed by atoms with Crippen LogP contribution in [0.1, 0.15) is 53.4 Å². The predicted molar refractivity (Wildman–Crippen MR) is 81.7 cm³/mol. The van der Waals surface area contributed by atoms with Crippen molar-refractivity contribution in [2.45, 2.75) is 59.4 Å². The van der Waals surface area contributed by atoms with E-state index in [4.69, 9.17) is 0 Å². The first-order valence-corrected chi connectivity index (χ1v) is 7.92. The van der Waals surface area contributed by atoms with Crippen molar-refractivity contribution in [3.8, 4) is 0 Å². The first kappa shape index (κ1) is 17.7. The molecular formula is C16H28N2O3. The zero-order valence-electron chi connectivity index (χ0n) is 13.6. The van der Waals surface area contributed by atoms with E-state index in [1.54, 1.807) is 4.90 Å². The first-order valence-electron chi connectivity index (χ1n) is 7.92. The summed E-state index contributed by atoms with van der Waals surface area (Å²) in [4.78, 5) is 37.3. The lowest BCUT2D eigenvalue weighted by atomic mass is 9.98. The van der Waals surface area contributed by atoms with Crippen LogP contribution in [0.25, 0.3) is 0 Å². The molecule has 5 heteroatoms. The Labute approximate surface area is 127 Å². The van der Waals surface area contributed by atoms with E-state index in [-0.39, 0.29) is 30.1 Å². The molecule has 120 valence electrons. The maximum absolute atomic E-state index is 12.1. The summed E-state index contributed by atoms with van der Waals surface area (Å²) in [7, 11) is 0. The van der Waals surface area contributed by atoms with Gasteiger partial charge in [-0.2, -0.15) is 0 Å². The Bertz CT molecular complexity index is 393. The van der Waals surface area contributed by atoms with Crippen molar-refractivity contribution in [2.24, 2.45) is 11.8 Å². The predicted octanol–water partition coefficient (Wildman–Crippen LogP) is 1.75. The number of nitrogens with zero attached hydrogens (tertiary/aromatic N) is 1. The van der Waals surface area contributed by atoms with Crippen LogP contribution in [0.15, 0.2) is 0 Å². The molecule has 2 atom stereocenters. The summed E-state index contributed by atoms with van der Waals surface area (Å²) in [6, 6.07) is -0.469. The van der Waals surface area contributed by atoms with E-state index in [2.05, 4.69) is 12.2 Å². The van der Waals surface area contributed by atoms with Crippen LogP contribution in [-0.2, 0) is 14.4 Å². The molecule has 0 aromatic carbocycles. The third-order valence-corrected chi connectivity index (χ3v) is 4.26. The molecule has 0 radical (unpaired) electrons. The highest BCUT2D eigenvalue weighted by Gasteiger charge is 2.25. The molecule has 1 heterocycles. The lowest BCUT2D eigenvalue weighted by molar-refractivity contribution is -0.136. The molecule has 2 amide bonds. The van der Waals surface area contributed by atoms with Gasteiger partial charge in [-0.3, -0.25) is 14.4 Å². The molecule has 1 rings (SSSR count). The molecular weight excluding hydrogens is 268 g/mol. The van der Waals surface area contributed by atoms with Gasteiger partial charge in [-0.25, -0.2) is 0 Å². The fraction of sp³-hybridized carbons (Fsp3) is 0.812. The van der Waals surface area contributed by atoms with Gasteiger partial charge in [0.1, 0.15) is 0 Å². The van der Waals surface area contributed by atoms with Crippen molar-refractivity contribution in [2.75, 3.05) is 13.1 Å². The Hall–Kier alpha value is -1.39. The van der Waals surface area contributed by atoms with E-state index in [0.717, 1.165) is 19.3 Å². The van der Waals surface area contributed by atoms with Crippen LogP contribution >= 0.6 is 0 Å². The van der Waals surface area contributed by atoms with E-state index in [1.165, 1.54) is 6.92 Å². The summed E-state index contributed by atoms with van der Waals surface area (Å²) in [6.07, 6.45) is 3.46. The molecule has 0 aliphatic carbocycles. The van der Waals surface area contributed by atoms with Gasteiger partial charge in [0, 0.05) is 13.0 Å². The molecule has 1 saturated heterocycles. The normalized spacial score (nSPS) is 21.1. The van der Waals surface area contributed by atoms with Gasteiger partial charge in [0.15, 0.2) is 5.78 Å². The number of carbonyl (C=O) groups is 3. The molecule has 0 bridgehead atoms. The Morgan fingerprint density at radius 3 is 2.52 bits per heavy atom. The number of hydrogen-bond donors (Lipinski definition) is 1. The molecule has 2 unspecified atom stereocenters. The second-order valence-corrected chi connectivity index (χ2v) is 6.32. The van der Waals surface area contributed by atoms with Gasteiger partial charge >= 0.3 is 0 Å². The zero-order valence-corrected chi connectivity index (χ0v) is 13.6. The largest absolute Gasteiger partial charge is 0.345 e. The molecule has 0 saturated carbocycles. The van der Waals surface area contributed by atoms with Crippen LogP contribution in [0, 0.1) is 11.8 Å². The number of rotatable bonds is 6. The molecule has 0 spiro atoms. The highest BCUT2D eigenvalue weighted by atomic mass is 16.2. The molecule has 1 aliphatic heterocycles. The Morgan fingerprint density at radius 2 is 2.00 bits per heavy atom. The van der Waals surface area contributed by atoms with Gasteiger partial charge < -0.3 is 10.2 Å². The van der Waals surface area contributed by atoms with Crippen molar-refractivity contribution >= 4 is 17.6 Å². The fourth-order valence-electron chi connectivity index (χ4n) is 2.80. The van der Waals surface area contributed by atoms with Crippen LogP contribution in [0.2, 0.25) is 0 Å². The van der Waals surface area contributed by atoms with Crippen molar-refractivity contribution < 1.29 is 14.4 Å². The SMILES string of the molecule is CCC1CCC(=O)N(CC(=O)NC(C(C)=O)C(C)C)CC1. The van der Waals surface area contributed by atoms with Gasteiger partial charge in [0.25, 0.3) is 0 Å². The number of amides is 2. The highest BCUT2D eigenvalue weighted by Crippen LogP contribution is 2.20. The van der Waals surface area contributed by atoms with Crippen molar-refractivity contribution in [1.82, 2.24) is 10.2 Å². The van der Waals surface area contributed by atoms with Crippen LogP contribution in [0.5, 0.6) is 0 Å². The summed E-state index contributed by atoms with van der Waals surface area (Å²) in [6.45, 7) is 8.11. The van der Waals surface area contributed by atoms with Gasteiger partial charge in [-0.15, -0.1) is 0 Å². The topological polar surface area (TPSA) is 66.5 Å². The van der Waals surface area contributed by atoms with Gasteiger partial charge in [0.05, 0.1) is 12.6 Å². The van der Waals surface area contributed by atoms with Crippen molar-refractivity contribution in [1.29, 1.82) is 0 Å². The number of Topliss-reactive ketones (excluding diaryl/α,β-unsaturated/α-hetero) is 1. The van der Waals surface area contributed by atoms with E-state index in [9.17, 15) is 14.4 Å². The molecule has 21 heavy (non-hydrogen) atoms. The fourth-order valence-corrected chi connectivity index (χ4v) is 2.80. The van der Waals surface area contributed by atoms with Gasteiger partial charge in [-0.05, 0) is 31.6 Å². The number of carbonyl (C=O) groups excluding carboxylic acids is 3. The van der Waals surface area contributed by atoms with E-state index in [0.29, 0.717) is 18.9 Å². The summed E-state index contributed by atoms with van der Waals surface area (Å²) in [5.41, 5.74) is 0. The lowest BCUT2D eigenvalue weighted by Gasteiger charge is -2.24. The van der Waals surface area contributed by atoms with E-state index >= 15 is 0 Å². The third kappa shape index (κ3) is 5.48. The quantitative estimate of drug-likeness (QED) is 0.812. The Balaban J connectivity index is 2.56. The standard InChI is InChI=1S/C16H28N2O3/c1-5-13-6-7-15(21)18(9-8-13)10-14(20)17-16(11(2)3)12(4)19/h11,13,16H,5-10H2,1-4H3,(H,17,20). The summed E-state index contributed by atoms with van der Waals surface area (Å²) in [5, 5.41) is 2.75. The van der Waals surface area contributed by atoms with Crippen molar-refractivity contribution in [3.05, 3.63) is 0 Å². The average molecular weight is 296 g/mol.